The highest BCUT2D eigenvalue weighted by atomic mass is 16.3. The lowest BCUT2D eigenvalue weighted by Crippen LogP contribution is -2.76. The summed E-state index contributed by atoms with van der Waals surface area (Å²) in [5, 5.41) is 14.9. The van der Waals surface area contributed by atoms with Gasteiger partial charge in [-0.3, -0.25) is 9.69 Å². The van der Waals surface area contributed by atoms with Crippen LogP contribution in [0, 0.1) is 11.8 Å². The number of amides is 1. The van der Waals surface area contributed by atoms with Crippen molar-refractivity contribution in [2.24, 2.45) is 11.8 Å². The average Bonchev–Trinajstić information content (AvgIpc) is 2.43. The molecule has 1 amide bonds. The molecule has 22 heavy (non-hydrogen) atoms. The molecule has 1 saturated carbocycles. The summed E-state index contributed by atoms with van der Waals surface area (Å²) in [6.07, 6.45) is 7.21. The van der Waals surface area contributed by atoms with Crippen molar-refractivity contribution in [1.82, 2.24) is 10.2 Å². The number of aliphatic hydroxyl groups is 1. The van der Waals surface area contributed by atoms with Gasteiger partial charge in [-0.15, -0.1) is 0 Å². The molecule has 2 aliphatic heterocycles. The van der Waals surface area contributed by atoms with E-state index in [-0.39, 0.29) is 11.4 Å². The smallest absolute Gasteiger partial charge is 0.220 e. The maximum Gasteiger partial charge on any atom is 0.220 e. The van der Waals surface area contributed by atoms with Crippen LogP contribution in [0.2, 0.25) is 0 Å². The van der Waals surface area contributed by atoms with Crippen molar-refractivity contribution < 1.29 is 9.90 Å². The van der Waals surface area contributed by atoms with E-state index in [4.69, 9.17) is 0 Å². The molecule has 0 radical (unpaired) electrons. The van der Waals surface area contributed by atoms with E-state index in [2.05, 4.69) is 17.1 Å². The van der Waals surface area contributed by atoms with Crippen LogP contribution in [0.4, 0.5) is 0 Å². The third kappa shape index (κ3) is 1.74. The fourth-order valence-corrected chi connectivity index (χ4v) is 6.22. The molecule has 1 spiro atoms. The number of piperidine rings is 2. The molecule has 2 saturated heterocycles. The maximum absolute atomic E-state index is 11.7. The molecule has 0 aromatic heterocycles. The lowest BCUT2D eigenvalue weighted by atomic mass is 9.49. The van der Waals surface area contributed by atoms with Crippen LogP contribution in [0.25, 0.3) is 0 Å². The first-order chi connectivity index (χ1) is 10.5. The summed E-state index contributed by atoms with van der Waals surface area (Å²) < 4.78 is 0. The van der Waals surface area contributed by atoms with Crippen LogP contribution >= 0.6 is 0 Å². The van der Waals surface area contributed by atoms with Crippen molar-refractivity contribution in [3.05, 3.63) is 11.3 Å². The van der Waals surface area contributed by atoms with Crippen LogP contribution in [-0.4, -0.2) is 40.1 Å². The van der Waals surface area contributed by atoms with Crippen molar-refractivity contribution in [3.63, 3.8) is 0 Å². The highest BCUT2D eigenvalue weighted by molar-refractivity contribution is 5.75. The first kappa shape index (κ1) is 14.7. The fraction of sp³-hybridized carbons (Fsp3) is 0.833. The van der Waals surface area contributed by atoms with Crippen LogP contribution < -0.4 is 5.32 Å². The van der Waals surface area contributed by atoms with Gasteiger partial charge in [0.25, 0.3) is 0 Å². The highest BCUT2D eigenvalue weighted by Gasteiger charge is 2.66. The van der Waals surface area contributed by atoms with Crippen LogP contribution in [0.5, 0.6) is 0 Å². The third-order valence-corrected chi connectivity index (χ3v) is 6.74. The zero-order valence-electron chi connectivity index (χ0n) is 13.8. The molecule has 4 aliphatic rings. The van der Waals surface area contributed by atoms with E-state index < -0.39 is 5.60 Å². The van der Waals surface area contributed by atoms with Gasteiger partial charge in [-0.25, -0.2) is 0 Å². The first-order valence-electron chi connectivity index (χ1n) is 8.95. The Labute approximate surface area is 132 Å². The van der Waals surface area contributed by atoms with E-state index in [1.54, 1.807) is 6.92 Å². The van der Waals surface area contributed by atoms with E-state index in [1.807, 2.05) is 0 Å². The number of nitrogens with zero attached hydrogens (tertiary/aromatic N) is 1. The zero-order valence-corrected chi connectivity index (χ0v) is 13.8. The normalized spacial score (nSPS) is 44.5. The van der Waals surface area contributed by atoms with Gasteiger partial charge in [0.1, 0.15) is 0 Å². The van der Waals surface area contributed by atoms with E-state index in [0.717, 1.165) is 63.7 Å². The van der Waals surface area contributed by atoms with E-state index in [1.165, 1.54) is 5.57 Å². The molecule has 3 fully saturated rings. The summed E-state index contributed by atoms with van der Waals surface area (Å²) in [4.78, 5) is 14.2. The minimum Gasteiger partial charge on any atom is -0.387 e. The van der Waals surface area contributed by atoms with E-state index in [0.29, 0.717) is 11.8 Å². The Morgan fingerprint density at radius 2 is 2.14 bits per heavy atom. The summed E-state index contributed by atoms with van der Waals surface area (Å²) in [7, 11) is 0. The Morgan fingerprint density at radius 1 is 1.36 bits per heavy atom. The number of carbonyl (C=O) groups excluding carboxylic acids is 1. The second kappa shape index (κ2) is 4.81. The second-order valence-corrected chi connectivity index (χ2v) is 8.06. The molecule has 2 bridgehead atoms. The predicted molar refractivity (Wildman–Crippen MR) is 85.1 cm³/mol. The lowest BCUT2D eigenvalue weighted by molar-refractivity contribution is -0.203. The quantitative estimate of drug-likeness (QED) is 0.781. The zero-order chi connectivity index (χ0) is 15.5. The number of carbonyl (C=O) groups is 1. The molecule has 2 N–H and O–H groups in total. The standard InChI is InChI=1S/C18H28N2O2/c1-12-9-14-10-16(19-13(2)21)15-5-3-7-20-8-4-6-18(14,22)17(15,20)11-12/h12,14,22H,3-11H2,1-2H3,(H,19,21). The Bertz CT molecular complexity index is 541. The Morgan fingerprint density at radius 3 is 2.91 bits per heavy atom. The van der Waals surface area contributed by atoms with Gasteiger partial charge in [0.2, 0.25) is 5.91 Å². The highest BCUT2D eigenvalue weighted by Crippen LogP contribution is 2.61. The van der Waals surface area contributed by atoms with Crippen molar-refractivity contribution in [3.8, 4) is 0 Å². The van der Waals surface area contributed by atoms with Gasteiger partial charge in [-0.2, -0.15) is 0 Å². The summed E-state index contributed by atoms with van der Waals surface area (Å²) in [6.45, 7) is 6.13. The maximum atomic E-state index is 11.7. The number of hydrogen-bond donors (Lipinski definition) is 2. The summed E-state index contributed by atoms with van der Waals surface area (Å²) in [5.41, 5.74) is 1.73. The Kier molecular flexibility index (Phi) is 3.22. The monoisotopic (exact) mass is 304 g/mol. The molecular formula is C18H28N2O2. The van der Waals surface area contributed by atoms with Gasteiger partial charge in [-0.05, 0) is 75.4 Å². The molecule has 2 heterocycles. The molecule has 2 aliphatic carbocycles. The fourth-order valence-electron chi connectivity index (χ4n) is 6.22. The van der Waals surface area contributed by atoms with Gasteiger partial charge in [0, 0.05) is 12.6 Å². The molecular weight excluding hydrogens is 276 g/mol. The molecule has 0 aromatic carbocycles. The summed E-state index contributed by atoms with van der Waals surface area (Å²) in [5.74, 6) is 0.976. The topological polar surface area (TPSA) is 52.6 Å². The van der Waals surface area contributed by atoms with Crippen molar-refractivity contribution >= 4 is 5.91 Å². The van der Waals surface area contributed by atoms with Crippen molar-refractivity contribution in [1.29, 1.82) is 0 Å². The van der Waals surface area contributed by atoms with E-state index >= 15 is 0 Å². The van der Waals surface area contributed by atoms with Crippen LogP contribution in [0.1, 0.15) is 58.8 Å². The summed E-state index contributed by atoms with van der Waals surface area (Å²) >= 11 is 0. The van der Waals surface area contributed by atoms with Crippen LogP contribution in [-0.2, 0) is 4.79 Å². The van der Waals surface area contributed by atoms with E-state index in [9.17, 15) is 9.90 Å². The predicted octanol–water partition coefficient (Wildman–Crippen LogP) is 2.19. The molecule has 4 nitrogen and oxygen atoms in total. The van der Waals surface area contributed by atoms with Gasteiger partial charge < -0.3 is 10.4 Å². The molecule has 4 rings (SSSR count). The molecule has 122 valence electrons. The molecule has 0 aromatic rings. The van der Waals surface area contributed by atoms with Crippen LogP contribution in [0.15, 0.2) is 11.3 Å². The minimum absolute atomic E-state index is 0.0309. The van der Waals surface area contributed by atoms with Gasteiger partial charge in [0.15, 0.2) is 0 Å². The number of allylic oxidation sites excluding steroid dienone is 1. The van der Waals surface area contributed by atoms with Crippen LogP contribution in [0.3, 0.4) is 0 Å². The first-order valence-corrected chi connectivity index (χ1v) is 8.95. The Hall–Kier alpha value is -0.870. The lowest BCUT2D eigenvalue weighted by Gasteiger charge is -2.68. The molecule has 4 atom stereocenters. The average molecular weight is 304 g/mol. The van der Waals surface area contributed by atoms with Crippen molar-refractivity contribution in [2.75, 3.05) is 13.1 Å². The number of nitrogens with one attached hydrogen (secondary N) is 1. The molecule has 4 heteroatoms. The van der Waals surface area contributed by atoms with Gasteiger partial charge in [0.05, 0.1) is 11.1 Å². The second-order valence-electron chi connectivity index (χ2n) is 8.06. The summed E-state index contributed by atoms with van der Waals surface area (Å²) in [6, 6.07) is 0. The molecule has 4 unspecified atom stereocenters. The SMILES string of the molecule is CC(=O)NC1=C2CCCN3CCCC4(O)C(C1)CC(C)CC234. The third-order valence-electron chi connectivity index (χ3n) is 6.74. The minimum atomic E-state index is -0.574. The van der Waals surface area contributed by atoms with Gasteiger partial charge >= 0.3 is 0 Å². The largest absolute Gasteiger partial charge is 0.387 e. The van der Waals surface area contributed by atoms with Crippen molar-refractivity contribution in [2.45, 2.75) is 69.9 Å². The van der Waals surface area contributed by atoms with Gasteiger partial charge in [-0.1, -0.05) is 6.92 Å². The number of rotatable bonds is 1. The Balaban J connectivity index is 1.90. The number of hydrogen-bond acceptors (Lipinski definition) is 3.